The van der Waals surface area contributed by atoms with E-state index in [0.29, 0.717) is 11.8 Å². The van der Waals surface area contributed by atoms with E-state index in [1.807, 2.05) is 24.4 Å². The number of aliphatic hydroxyl groups is 1. The normalized spacial score (nSPS) is 26.0. The van der Waals surface area contributed by atoms with Crippen LogP contribution in [0.4, 0.5) is 0 Å². The number of hydrogen-bond donors (Lipinski definition) is 2. The first-order chi connectivity index (χ1) is 16.2. The molecule has 33 heavy (non-hydrogen) atoms. The number of aromatic amines is 1. The number of nitrogens with one attached hydrogen (secondary N) is 1. The van der Waals surface area contributed by atoms with Gasteiger partial charge in [0.1, 0.15) is 5.75 Å². The molecule has 166 valence electrons. The quantitative estimate of drug-likeness (QED) is 0.375. The summed E-state index contributed by atoms with van der Waals surface area (Å²) < 4.78 is 5.55. The summed E-state index contributed by atoms with van der Waals surface area (Å²) in [4.78, 5) is 10.8. The van der Waals surface area contributed by atoms with Gasteiger partial charge in [-0.05, 0) is 73.2 Å². The van der Waals surface area contributed by atoms with Crippen molar-refractivity contribution in [2.24, 2.45) is 11.8 Å². The number of nitrogens with zero attached hydrogens (tertiary/aromatic N) is 2. The predicted molar refractivity (Wildman–Crippen MR) is 131 cm³/mol. The Morgan fingerprint density at radius 3 is 2.94 bits per heavy atom. The zero-order chi connectivity index (χ0) is 22.3. The molecule has 5 nitrogen and oxygen atoms in total. The van der Waals surface area contributed by atoms with Crippen molar-refractivity contribution in [3.05, 3.63) is 60.8 Å². The Balaban J connectivity index is 1.42. The lowest BCUT2D eigenvalue weighted by Crippen LogP contribution is -2.55. The molecule has 0 spiro atoms. The molecule has 4 aliphatic rings. The molecule has 1 aliphatic carbocycles. The highest BCUT2D eigenvalue weighted by Crippen LogP contribution is 2.54. The van der Waals surface area contributed by atoms with E-state index in [4.69, 9.17) is 9.72 Å². The summed E-state index contributed by atoms with van der Waals surface area (Å²) in [6.07, 6.45) is 5.69. The summed E-state index contributed by atoms with van der Waals surface area (Å²) in [6, 6.07) is 12.6. The van der Waals surface area contributed by atoms with Gasteiger partial charge in [0.2, 0.25) is 0 Å². The second-order valence-corrected chi connectivity index (χ2v) is 9.79. The Morgan fingerprint density at radius 2 is 2.15 bits per heavy atom. The number of hydrogen-bond acceptors (Lipinski definition) is 4. The van der Waals surface area contributed by atoms with Gasteiger partial charge >= 0.3 is 0 Å². The molecule has 3 saturated heterocycles. The number of methoxy groups -OCH3 is 1. The molecular formula is C28H27N3O2. The van der Waals surface area contributed by atoms with Crippen LogP contribution in [-0.4, -0.2) is 46.2 Å². The molecule has 0 saturated carbocycles. The van der Waals surface area contributed by atoms with Crippen molar-refractivity contribution < 1.29 is 9.84 Å². The number of rotatable bonds is 4. The molecule has 5 heterocycles. The zero-order valence-corrected chi connectivity index (χ0v) is 18.7. The maximum Gasteiger partial charge on any atom is 0.119 e. The van der Waals surface area contributed by atoms with Crippen LogP contribution >= 0.6 is 0 Å². The maximum atomic E-state index is 12.0. The van der Waals surface area contributed by atoms with Gasteiger partial charge in [0.05, 0.1) is 24.4 Å². The summed E-state index contributed by atoms with van der Waals surface area (Å²) >= 11 is 0. The number of pyridine rings is 1. The van der Waals surface area contributed by atoms with Crippen LogP contribution in [0.2, 0.25) is 0 Å². The molecule has 0 radical (unpaired) electrons. The fourth-order valence-corrected chi connectivity index (χ4v) is 6.51. The van der Waals surface area contributed by atoms with Gasteiger partial charge in [-0.15, -0.1) is 6.58 Å². The first kappa shape index (κ1) is 19.3. The Labute approximate surface area is 192 Å². The van der Waals surface area contributed by atoms with Crippen LogP contribution in [0, 0.1) is 11.8 Å². The number of ether oxygens (including phenoxy) is 1. The van der Waals surface area contributed by atoms with Crippen LogP contribution in [0.15, 0.2) is 55.3 Å². The largest absolute Gasteiger partial charge is 0.497 e. The van der Waals surface area contributed by atoms with Gasteiger partial charge in [-0.2, -0.15) is 0 Å². The van der Waals surface area contributed by atoms with Crippen LogP contribution in [-0.2, 0) is 0 Å². The lowest BCUT2D eigenvalue weighted by atomic mass is 9.71. The van der Waals surface area contributed by atoms with E-state index >= 15 is 0 Å². The lowest BCUT2D eigenvalue weighted by molar-refractivity contribution is -0.0443. The highest BCUT2D eigenvalue weighted by Gasteiger charge is 2.44. The van der Waals surface area contributed by atoms with Crippen LogP contribution < -0.4 is 4.74 Å². The number of benzene rings is 2. The standard InChI is InChI=1S/C28H27N3O2/c1-3-15-14-31-9-7-16(15)11-24(31)28(32)26-21-12-18(33-2)4-5-22(21)30-27-20-10-17-6-8-29-23(17)13-19(20)25(26)27/h3-6,8,10,12-13,15-16,24,28-29,32H,1,7,9,11,14H2,2H3/t15?,16?,24?,28-/m0/s1. The van der Waals surface area contributed by atoms with Crippen molar-refractivity contribution in [3.8, 4) is 28.1 Å². The average molecular weight is 438 g/mol. The SMILES string of the molecule is C=CC1CN2CCC1CC2[C@H](O)c1c2c(nc3ccc(OC)cc13)-c1cc3cc[nH]c3cc1-2. The maximum absolute atomic E-state index is 12.0. The van der Waals surface area contributed by atoms with Crippen LogP contribution in [0.3, 0.4) is 0 Å². The fourth-order valence-electron chi connectivity index (χ4n) is 6.51. The van der Waals surface area contributed by atoms with Crippen molar-refractivity contribution in [2.45, 2.75) is 25.0 Å². The first-order valence-corrected chi connectivity index (χ1v) is 11.8. The monoisotopic (exact) mass is 437 g/mol. The van der Waals surface area contributed by atoms with Crippen LogP contribution in [0.5, 0.6) is 5.75 Å². The zero-order valence-electron chi connectivity index (χ0n) is 18.7. The van der Waals surface area contributed by atoms with E-state index < -0.39 is 6.10 Å². The van der Waals surface area contributed by atoms with Crippen LogP contribution in [0.25, 0.3) is 44.2 Å². The smallest absolute Gasteiger partial charge is 0.119 e. The van der Waals surface area contributed by atoms with E-state index in [9.17, 15) is 5.11 Å². The van der Waals surface area contributed by atoms with E-state index in [1.165, 1.54) is 22.9 Å². The van der Waals surface area contributed by atoms with E-state index in [0.717, 1.165) is 58.5 Å². The van der Waals surface area contributed by atoms with Crippen molar-refractivity contribution in [1.29, 1.82) is 0 Å². The fraction of sp³-hybridized carbons (Fsp3) is 0.321. The summed E-state index contributed by atoms with van der Waals surface area (Å²) in [5, 5.41) is 14.2. The van der Waals surface area contributed by atoms with Gasteiger partial charge in [0.25, 0.3) is 0 Å². The van der Waals surface area contributed by atoms with Crippen molar-refractivity contribution in [2.75, 3.05) is 20.2 Å². The number of fused-ring (bicyclic) bond motifs is 9. The minimum atomic E-state index is -0.586. The molecule has 2 aromatic carbocycles. The van der Waals surface area contributed by atoms with E-state index in [1.54, 1.807) is 7.11 Å². The molecule has 4 unspecified atom stereocenters. The van der Waals surface area contributed by atoms with Gasteiger partial charge in [-0.1, -0.05) is 6.08 Å². The third-order valence-electron chi connectivity index (χ3n) is 8.26. The third kappa shape index (κ3) is 2.63. The summed E-state index contributed by atoms with van der Waals surface area (Å²) in [5.41, 5.74) is 7.45. The number of H-pyrrole nitrogens is 1. The van der Waals surface area contributed by atoms with Crippen molar-refractivity contribution in [3.63, 3.8) is 0 Å². The number of aliphatic hydroxyl groups excluding tert-OH is 1. The predicted octanol–water partition coefficient (Wildman–Crippen LogP) is 5.30. The highest BCUT2D eigenvalue weighted by molar-refractivity contribution is 6.11. The molecule has 2 bridgehead atoms. The molecule has 3 aliphatic heterocycles. The van der Waals surface area contributed by atoms with Crippen LogP contribution in [0.1, 0.15) is 24.5 Å². The Hall–Kier alpha value is -3.15. The number of piperidine rings is 3. The first-order valence-electron chi connectivity index (χ1n) is 11.8. The van der Waals surface area contributed by atoms with E-state index in [2.05, 4.69) is 40.7 Å². The molecule has 0 amide bonds. The highest BCUT2D eigenvalue weighted by atomic mass is 16.5. The Morgan fingerprint density at radius 1 is 1.24 bits per heavy atom. The summed E-state index contributed by atoms with van der Waals surface area (Å²) in [5.74, 6) is 1.92. The topological polar surface area (TPSA) is 61.4 Å². The Kier molecular flexibility index (Phi) is 4.06. The second kappa shape index (κ2) is 6.92. The van der Waals surface area contributed by atoms with Crippen molar-refractivity contribution in [1.82, 2.24) is 14.9 Å². The molecule has 5 atom stereocenters. The molecular weight excluding hydrogens is 410 g/mol. The third-order valence-corrected chi connectivity index (χ3v) is 8.26. The molecule has 2 aromatic heterocycles. The number of aromatic nitrogens is 2. The second-order valence-electron chi connectivity index (χ2n) is 9.79. The molecule has 2 N–H and O–H groups in total. The molecule has 4 aromatic rings. The molecule has 8 rings (SSSR count). The molecule has 3 fully saturated rings. The van der Waals surface area contributed by atoms with Gasteiger partial charge in [-0.3, -0.25) is 4.90 Å². The average Bonchev–Trinajstić information content (AvgIpc) is 3.33. The van der Waals surface area contributed by atoms with Gasteiger partial charge < -0.3 is 14.8 Å². The van der Waals surface area contributed by atoms with E-state index in [-0.39, 0.29) is 6.04 Å². The molecule has 5 heteroatoms. The summed E-state index contributed by atoms with van der Waals surface area (Å²) in [7, 11) is 1.68. The van der Waals surface area contributed by atoms with Crippen molar-refractivity contribution >= 4 is 21.8 Å². The Bertz CT molecular complexity index is 1440. The minimum absolute atomic E-state index is 0.110. The van der Waals surface area contributed by atoms with Gasteiger partial charge in [0.15, 0.2) is 0 Å². The lowest BCUT2D eigenvalue weighted by Gasteiger charge is -2.51. The minimum Gasteiger partial charge on any atom is -0.497 e. The van der Waals surface area contributed by atoms with Gasteiger partial charge in [0, 0.05) is 51.8 Å². The van der Waals surface area contributed by atoms with Gasteiger partial charge in [-0.25, -0.2) is 4.98 Å². The summed E-state index contributed by atoms with van der Waals surface area (Å²) in [6.45, 7) is 6.09.